The Hall–Kier alpha value is -2.64. The van der Waals surface area contributed by atoms with E-state index in [-0.39, 0.29) is 23.3 Å². The zero-order chi connectivity index (χ0) is 23.7. The summed E-state index contributed by atoms with van der Waals surface area (Å²) in [7, 11) is 1.55. The van der Waals surface area contributed by atoms with Gasteiger partial charge in [0.25, 0.3) is 0 Å². The first kappa shape index (κ1) is 23.1. The first-order valence-corrected chi connectivity index (χ1v) is 12.1. The van der Waals surface area contributed by atoms with Gasteiger partial charge in [-0.2, -0.15) is 0 Å². The number of nitrogens with zero attached hydrogens (tertiary/aromatic N) is 2. The van der Waals surface area contributed by atoms with E-state index in [0.29, 0.717) is 53.5 Å². The fraction of sp³-hybridized carbons (Fsp3) is 0.481. The Morgan fingerprint density at radius 1 is 1.21 bits per heavy atom. The summed E-state index contributed by atoms with van der Waals surface area (Å²) >= 11 is 0. The van der Waals surface area contributed by atoms with E-state index in [1.165, 1.54) is 6.20 Å². The average molecular weight is 468 g/mol. The van der Waals surface area contributed by atoms with Crippen LogP contribution in [0.1, 0.15) is 48.8 Å². The molecule has 3 aromatic rings. The number of methoxy groups -OCH3 is 1. The van der Waals surface area contributed by atoms with Crippen LogP contribution >= 0.6 is 0 Å². The predicted molar refractivity (Wildman–Crippen MR) is 127 cm³/mol. The highest BCUT2D eigenvalue weighted by molar-refractivity contribution is 5.78. The molecule has 180 valence electrons. The molecular weight excluding hydrogens is 436 g/mol. The second-order valence-electron chi connectivity index (χ2n) is 9.73. The van der Waals surface area contributed by atoms with Crippen molar-refractivity contribution in [2.24, 2.45) is 5.92 Å². The summed E-state index contributed by atoms with van der Waals surface area (Å²) < 4.78 is 40.4. The van der Waals surface area contributed by atoms with Crippen LogP contribution in [0.4, 0.5) is 8.78 Å². The molecule has 1 saturated carbocycles. The fourth-order valence-electron chi connectivity index (χ4n) is 5.55. The summed E-state index contributed by atoms with van der Waals surface area (Å²) in [6.45, 7) is 3.01. The SMILES string of the molecule is COc1ccc2ncc(F)c(CCC34CCCC(C3)C(NCc3ccc(C)c(F)c3)CO4)c2n1. The molecule has 0 spiro atoms. The molecule has 1 aliphatic heterocycles. The van der Waals surface area contributed by atoms with Gasteiger partial charge in [0.05, 0.1) is 36.5 Å². The minimum Gasteiger partial charge on any atom is -0.481 e. The van der Waals surface area contributed by atoms with Gasteiger partial charge in [0.15, 0.2) is 0 Å². The standard InChI is InChI=1S/C27H31F2N3O2/c1-17-5-6-18(12-21(17)28)14-30-24-16-34-27(10-3-4-19(24)13-27)11-9-20-22(29)15-31-23-7-8-25(33-2)32-26(20)23/h5-8,12,15,19,24,30H,3-4,9-11,13-14,16H2,1-2H3. The molecule has 3 heterocycles. The maximum Gasteiger partial charge on any atom is 0.213 e. The largest absolute Gasteiger partial charge is 0.481 e. The third-order valence-electron chi connectivity index (χ3n) is 7.56. The molecule has 2 aromatic heterocycles. The predicted octanol–water partition coefficient (Wildman–Crippen LogP) is 5.28. The van der Waals surface area contributed by atoms with Gasteiger partial charge in [-0.15, -0.1) is 0 Å². The number of pyridine rings is 2. The van der Waals surface area contributed by atoms with Crippen LogP contribution in [-0.2, 0) is 17.7 Å². The van der Waals surface area contributed by atoms with Crippen LogP contribution in [0.25, 0.3) is 11.0 Å². The van der Waals surface area contributed by atoms with E-state index in [9.17, 15) is 8.78 Å². The number of nitrogens with one attached hydrogen (secondary N) is 1. The average Bonchev–Trinajstić information content (AvgIpc) is 2.85. The second kappa shape index (κ2) is 9.55. The Morgan fingerprint density at radius 3 is 2.91 bits per heavy atom. The summed E-state index contributed by atoms with van der Waals surface area (Å²) in [5, 5.41) is 3.59. The molecule has 2 aliphatic rings. The van der Waals surface area contributed by atoms with Gasteiger partial charge < -0.3 is 14.8 Å². The third-order valence-corrected chi connectivity index (χ3v) is 7.56. The van der Waals surface area contributed by atoms with E-state index >= 15 is 0 Å². The first-order valence-electron chi connectivity index (χ1n) is 12.1. The lowest BCUT2D eigenvalue weighted by Crippen LogP contribution is -2.54. The number of aromatic nitrogens is 2. The molecule has 0 radical (unpaired) electrons. The van der Waals surface area contributed by atoms with Crippen molar-refractivity contribution in [3.05, 3.63) is 64.9 Å². The van der Waals surface area contributed by atoms with E-state index in [4.69, 9.17) is 9.47 Å². The summed E-state index contributed by atoms with van der Waals surface area (Å²) in [5.41, 5.74) is 3.16. The van der Waals surface area contributed by atoms with Crippen molar-refractivity contribution in [1.82, 2.24) is 15.3 Å². The quantitative estimate of drug-likeness (QED) is 0.513. The molecule has 1 N–H and O–H groups in total. The fourth-order valence-corrected chi connectivity index (χ4v) is 5.55. The Bertz CT molecular complexity index is 1190. The third kappa shape index (κ3) is 4.64. The van der Waals surface area contributed by atoms with Gasteiger partial charge >= 0.3 is 0 Å². The molecule has 3 atom stereocenters. The molecule has 5 nitrogen and oxygen atoms in total. The zero-order valence-corrected chi connectivity index (χ0v) is 19.7. The van der Waals surface area contributed by atoms with Crippen molar-refractivity contribution >= 4 is 11.0 Å². The number of fused-ring (bicyclic) bond motifs is 3. The number of halogens is 2. The molecule has 0 amide bonds. The van der Waals surface area contributed by atoms with Crippen molar-refractivity contribution < 1.29 is 18.3 Å². The first-order chi connectivity index (χ1) is 16.5. The van der Waals surface area contributed by atoms with Gasteiger partial charge in [-0.3, -0.25) is 4.98 Å². The van der Waals surface area contributed by atoms with Gasteiger partial charge in [0.1, 0.15) is 11.6 Å². The maximum atomic E-state index is 14.8. The Balaban J connectivity index is 1.26. The molecule has 5 rings (SSSR count). The van der Waals surface area contributed by atoms with Crippen LogP contribution in [0.3, 0.4) is 0 Å². The molecule has 34 heavy (non-hydrogen) atoms. The van der Waals surface area contributed by atoms with E-state index in [1.54, 1.807) is 26.2 Å². The molecule has 7 heteroatoms. The van der Waals surface area contributed by atoms with E-state index in [0.717, 1.165) is 37.7 Å². The number of benzene rings is 1. The summed E-state index contributed by atoms with van der Waals surface area (Å²) in [6.07, 6.45) is 6.74. The molecule has 1 aromatic carbocycles. The van der Waals surface area contributed by atoms with Crippen molar-refractivity contribution in [1.29, 1.82) is 0 Å². The van der Waals surface area contributed by atoms with Gasteiger partial charge in [0, 0.05) is 24.2 Å². The zero-order valence-electron chi connectivity index (χ0n) is 19.7. The van der Waals surface area contributed by atoms with Crippen LogP contribution in [0.5, 0.6) is 5.88 Å². The highest BCUT2D eigenvalue weighted by atomic mass is 19.1. The van der Waals surface area contributed by atoms with Crippen molar-refractivity contribution in [3.63, 3.8) is 0 Å². The van der Waals surface area contributed by atoms with E-state index in [2.05, 4.69) is 15.3 Å². The number of hydrogen-bond acceptors (Lipinski definition) is 5. The minimum absolute atomic E-state index is 0.168. The Kier molecular flexibility index (Phi) is 6.49. The molecule has 3 unspecified atom stereocenters. The lowest BCUT2D eigenvalue weighted by molar-refractivity contribution is -0.139. The molecule has 1 aliphatic carbocycles. The topological polar surface area (TPSA) is 56.3 Å². The van der Waals surface area contributed by atoms with Gasteiger partial charge in [-0.05, 0) is 68.2 Å². The molecular formula is C27H31F2N3O2. The minimum atomic E-state index is -0.335. The lowest BCUT2D eigenvalue weighted by atomic mass is 9.70. The maximum absolute atomic E-state index is 14.8. The van der Waals surface area contributed by atoms with Gasteiger partial charge in [0.2, 0.25) is 5.88 Å². The summed E-state index contributed by atoms with van der Waals surface area (Å²) in [4.78, 5) is 8.65. The van der Waals surface area contributed by atoms with Crippen molar-refractivity contribution in [2.75, 3.05) is 13.7 Å². The van der Waals surface area contributed by atoms with Crippen molar-refractivity contribution in [3.8, 4) is 5.88 Å². The smallest absolute Gasteiger partial charge is 0.213 e. The highest BCUT2D eigenvalue weighted by Gasteiger charge is 2.44. The molecule has 2 fully saturated rings. The highest BCUT2D eigenvalue weighted by Crippen LogP contribution is 2.44. The summed E-state index contributed by atoms with van der Waals surface area (Å²) in [6, 6.07) is 9.19. The van der Waals surface area contributed by atoms with Crippen LogP contribution in [0.2, 0.25) is 0 Å². The monoisotopic (exact) mass is 467 g/mol. The normalized spacial score (nSPS) is 24.4. The van der Waals surface area contributed by atoms with Gasteiger partial charge in [-0.1, -0.05) is 18.6 Å². The van der Waals surface area contributed by atoms with Crippen LogP contribution in [-0.4, -0.2) is 35.3 Å². The molecule has 2 bridgehead atoms. The van der Waals surface area contributed by atoms with Crippen molar-refractivity contribution in [2.45, 2.75) is 63.6 Å². The number of aryl methyl sites for hydroxylation is 2. The van der Waals surface area contributed by atoms with E-state index < -0.39 is 0 Å². The van der Waals surface area contributed by atoms with Crippen LogP contribution < -0.4 is 10.1 Å². The summed E-state index contributed by atoms with van der Waals surface area (Å²) in [5.74, 6) is 0.444. The number of hydrogen-bond donors (Lipinski definition) is 1. The Labute approximate surface area is 198 Å². The van der Waals surface area contributed by atoms with Gasteiger partial charge in [-0.25, -0.2) is 13.8 Å². The number of ether oxygens (including phenoxy) is 2. The van der Waals surface area contributed by atoms with E-state index in [1.807, 2.05) is 18.2 Å². The Morgan fingerprint density at radius 2 is 2.09 bits per heavy atom. The molecule has 1 saturated heterocycles. The van der Waals surface area contributed by atoms with Crippen LogP contribution in [0, 0.1) is 24.5 Å². The number of rotatable bonds is 7. The van der Waals surface area contributed by atoms with Crippen LogP contribution in [0.15, 0.2) is 36.5 Å². The second-order valence-corrected chi connectivity index (χ2v) is 9.73. The lowest BCUT2D eigenvalue weighted by Gasteiger charge is -2.49.